The van der Waals surface area contributed by atoms with Gasteiger partial charge in [0.1, 0.15) is 5.69 Å². The summed E-state index contributed by atoms with van der Waals surface area (Å²) in [5.74, 6) is -1.02. The highest BCUT2D eigenvalue weighted by atomic mass is 16.6. The van der Waals surface area contributed by atoms with E-state index < -0.39 is 27.8 Å². The van der Waals surface area contributed by atoms with Gasteiger partial charge in [-0.25, -0.2) is 9.59 Å². The number of rotatable bonds is 5. The molecular weight excluding hydrogens is 380 g/mol. The third kappa shape index (κ3) is 3.76. The monoisotopic (exact) mass is 396 g/mol. The topological polar surface area (TPSA) is 151 Å². The van der Waals surface area contributed by atoms with Gasteiger partial charge in [0.25, 0.3) is 0 Å². The van der Waals surface area contributed by atoms with Gasteiger partial charge >= 0.3 is 22.9 Å². The number of carboxylic acids is 1. The number of benzene rings is 1. The van der Waals surface area contributed by atoms with Crippen LogP contribution in [0.1, 0.15) is 33.0 Å². The molecule has 10 nitrogen and oxygen atoms in total. The molecule has 0 unspecified atom stereocenters. The molecule has 0 aliphatic rings. The maximum Gasteiger partial charge on any atom is 0.357 e. The molecule has 0 atom stereocenters. The molecule has 3 aromatic rings. The Morgan fingerprint density at radius 1 is 1.14 bits per heavy atom. The minimum absolute atomic E-state index is 0.168. The molecule has 0 aliphatic carbocycles. The molecule has 0 radical (unpaired) electrons. The van der Waals surface area contributed by atoms with Crippen LogP contribution in [-0.2, 0) is 0 Å². The standard InChI is InChI=1S/C19H16N4O6/c1-10-9-13(5-8-15-16(23(28)29)17(24)21-19(27)20-15)11(2)22(10)14-6-3-12(4-7-14)18(25)26/h3-9H,1-2H3,(H,25,26)(H2,20,21,24,27)/b8-5-. The summed E-state index contributed by atoms with van der Waals surface area (Å²) in [5.41, 5.74) is 0.378. The molecule has 1 aromatic carbocycles. The van der Waals surface area contributed by atoms with Crippen molar-refractivity contribution in [3.8, 4) is 5.69 Å². The second-order valence-electron chi connectivity index (χ2n) is 6.27. The number of aromatic amines is 2. The van der Waals surface area contributed by atoms with Gasteiger partial charge in [-0.2, -0.15) is 0 Å². The average Bonchev–Trinajstić information content (AvgIpc) is 2.92. The van der Waals surface area contributed by atoms with E-state index in [0.29, 0.717) is 5.56 Å². The molecule has 29 heavy (non-hydrogen) atoms. The summed E-state index contributed by atoms with van der Waals surface area (Å²) in [5, 5.41) is 20.2. The highest BCUT2D eigenvalue weighted by Crippen LogP contribution is 2.23. The Kier molecular flexibility index (Phi) is 5.01. The van der Waals surface area contributed by atoms with Gasteiger partial charge in [-0.15, -0.1) is 0 Å². The van der Waals surface area contributed by atoms with Gasteiger partial charge in [0, 0.05) is 17.1 Å². The zero-order valence-electron chi connectivity index (χ0n) is 15.4. The highest BCUT2D eigenvalue weighted by molar-refractivity contribution is 5.87. The molecule has 2 aromatic heterocycles. The molecule has 0 fully saturated rings. The van der Waals surface area contributed by atoms with Crippen LogP contribution < -0.4 is 11.2 Å². The summed E-state index contributed by atoms with van der Waals surface area (Å²) in [6.45, 7) is 3.68. The number of hydrogen-bond acceptors (Lipinski definition) is 5. The summed E-state index contributed by atoms with van der Waals surface area (Å²) in [4.78, 5) is 48.5. The van der Waals surface area contributed by atoms with Crippen molar-refractivity contribution in [2.75, 3.05) is 0 Å². The van der Waals surface area contributed by atoms with Gasteiger partial charge in [-0.3, -0.25) is 19.9 Å². The molecule has 3 N–H and O–H groups in total. The van der Waals surface area contributed by atoms with Crippen LogP contribution in [0.2, 0.25) is 0 Å². The van der Waals surface area contributed by atoms with Gasteiger partial charge in [0.05, 0.1) is 10.5 Å². The van der Waals surface area contributed by atoms with Crippen LogP contribution in [0.4, 0.5) is 5.69 Å². The fourth-order valence-electron chi connectivity index (χ4n) is 3.08. The van der Waals surface area contributed by atoms with Crippen molar-refractivity contribution in [2.24, 2.45) is 0 Å². The summed E-state index contributed by atoms with van der Waals surface area (Å²) in [7, 11) is 0. The van der Waals surface area contributed by atoms with Gasteiger partial charge in [-0.05, 0) is 55.8 Å². The second kappa shape index (κ2) is 7.43. The SMILES string of the molecule is Cc1cc(/C=C\c2[nH]c(=O)[nH]c(=O)c2[N+](=O)[O-])c(C)n1-c1ccc(C(=O)O)cc1. The predicted molar refractivity (Wildman–Crippen MR) is 105 cm³/mol. The number of aromatic carboxylic acids is 1. The van der Waals surface area contributed by atoms with Crippen LogP contribution in [0, 0.1) is 24.0 Å². The Morgan fingerprint density at radius 2 is 1.79 bits per heavy atom. The van der Waals surface area contributed by atoms with Crippen molar-refractivity contribution in [1.82, 2.24) is 14.5 Å². The van der Waals surface area contributed by atoms with E-state index >= 15 is 0 Å². The molecular formula is C19H16N4O6. The van der Waals surface area contributed by atoms with Crippen molar-refractivity contribution in [3.63, 3.8) is 0 Å². The average molecular weight is 396 g/mol. The van der Waals surface area contributed by atoms with Crippen LogP contribution in [0.15, 0.2) is 39.9 Å². The van der Waals surface area contributed by atoms with E-state index in [9.17, 15) is 24.5 Å². The first-order valence-corrected chi connectivity index (χ1v) is 8.40. The first-order chi connectivity index (χ1) is 13.7. The van der Waals surface area contributed by atoms with E-state index in [-0.39, 0.29) is 11.3 Å². The number of nitrogens with zero attached hydrogens (tertiary/aromatic N) is 2. The number of aryl methyl sites for hydroxylation is 1. The van der Waals surface area contributed by atoms with Gasteiger partial charge in [0.2, 0.25) is 0 Å². The van der Waals surface area contributed by atoms with Crippen LogP contribution >= 0.6 is 0 Å². The first-order valence-electron chi connectivity index (χ1n) is 8.40. The van der Waals surface area contributed by atoms with E-state index in [2.05, 4.69) is 4.98 Å². The third-order valence-electron chi connectivity index (χ3n) is 4.40. The quantitative estimate of drug-likeness (QED) is 0.444. The lowest BCUT2D eigenvalue weighted by Gasteiger charge is -2.10. The Bertz CT molecular complexity index is 1260. The molecule has 0 saturated heterocycles. The van der Waals surface area contributed by atoms with E-state index in [1.54, 1.807) is 18.2 Å². The molecule has 0 aliphatic heterocycles. The van der Waals surface area contributed by atoms with Crippen LogP contribution in [0.3, 0.4) is 0 Å². The van der Waals surface area contributed by atoms with E-state index in [1.807, 2.05) is 29.5 Å². The van der Waals surface area contributed by atoms with E-state index in [1.165, 1.54) is 18.2 Å². The highest BCUT2D eigenvalue weighted by Gasteiger charge is 2.19. The number of carboxylic acid groups (broad SMARTS) is 1. The van der Waals surface area contributed by atoms with Crippen molar-refractivity contribution in [1.29, 1.82) is 0 Å². The van der Waals surface area contributed by atoms with Crippen molar-refractivity contribution in [2.45, 2.75) is 13.8 Å². The van der Waals surface area contributed by atoms with Crippen LogP contribution in [0.25, 0.3) is 17.8 Å². The molecule has 2 heterocycles. The summed E-state index contributed by atoms with van der Waals surface area (Å²) in [6, 6.07) is 8.17. The maximum absolute atomic E-state index is 11.7. The van der Waals surface area contributed by atoms with Crippen LogP contribution in [-0.4, -0.2) is 30.5 Å². The summed E-state index contributed by atoms with van der Waals surface area (Å²) < 4.78 is 1.89. The minimum Gasteiger partial charge on any atom is -0.478 e. The van der Waals surface area contributed by atoms with Gasteiger partial charge in [0.15, 0.2) is 0 Å². The summed E-state index contributed by atoms with van der Waals surface area (Å²) >= 11 is 0. The molecule has 0 saturated carbocycles. The molecule has 10 heteroatoms. The Morgan fingerprint density at radius 3 is 2.38 bits per heavy atom. The lowest BCUT2D eigenvalue weighted by molar-refractivity contribution is -0.386. The van der Waals surface area contributed by atoms with Crippen molar-refractivity contribution < 1.29 is 14.8 Å². The number of nitrogens with one attached hydrogen (secondary N) is 2. The largest absolute Gasteiger partial charge is 0.478 e. The summed E-state index contributed by atoms with van der Waals surface area (Å²) in [6.07, 6.45) is 2.86. The van der Waals surface area contributed by atoms with Gasteiger partial charge in [-0.1, -0.05) is 6.08 Å². The lowest BCUT2D eigenvalue weighted by Crippen LogP contribution is -2.25. The lowest BCUT2D eigenvalue weighted by atomic mass is 10.2. The van der Waals surface area contributed by atoms with E-state index in [0.717, 1.165) is 17.1 Å². The second-order valence-corrected chi connectivity index (χ2v) is 6.27. The predicted octanol–water partition coefficient (Wildman–Crippen LogP) is 2.25. The van der Waals surface area contributed by atoms with Crippen molar-refractivity contribution >= 4 is 23.8 Å². The smallest absolute Gasteiger partial charge is 0.357 e. The molecule has 0 bridgehead atoms. The molecule has 3 rings (SSSR count). The molecule has 148 valence electrons. The Labute approximate surface area is 162 Å². The zero-order valence-corrected chi connectivity index (χ0v) is 15.4. The number of aromatic nitrogens is 3. The Balaban J connectivity index is 2.04. The van der Waals surface area contributed by atoms with Gasteiger partial charge < -0.3 is 14.7 Å². The number of carbonyl (C=O) groups is 1. The number of H-pyrrole nitrogens is 2. The fourth-order valence-corrected chi connectivity index (χ4v) is 3.08. The third-order valence-corrected chi connectivity index (χ3v) is 4.40. The van der Waals surface area contributed by atoms with Crippen LogP contribution in [0.5, 0.6) is 0 Å². The fraction of sp³-hybridized carbons (Fsp3) is 0.105. The zero-order chi connectivity index (χ0) is 21.3. The van der Waals surface area contributed by atoms with E-state index in [4.69, 9.17) is 5.11 Å². The van der Waals surface area contributed by atoms with Crippen molar-refractivity contribution in [3.05, 3.63) is 89.5 Å². The number of nitro groups is 1. The molecule has 0 amide bonds. The maximum atomic E-state index is 11.7. The minimum atomic E-state index is -1.08. The number of hydrogen-bond donors (Lipinski definition) is 3. The Hall–Kier alpha value is -4.21. The first kappa shape index (κ1) is 19.5. The molecule has 0 spiro atoms. The normalized spacial score (nSPS) is 11.1.